The number of halogens is 1. The third-order valence-corrected chi connectivity index (χ3v) is 7.63. The first-order valence-electron chi connectivity index (χ1n) is 13.6. The summed E-state index contributed by atoms with van der Waals surface area (Å²) in [6.45, 7) is 10.4. The minimum atomic E-state index is -0.237. The molecule has 2 aliphatic rings. The summed E-state index contributed by atoms with van der Waals surface area (Å²) in [6.07, 6.45) is 8.25. The Bertz CT molecular complexity index is 1330. The minimum Gasteiger partial charge on any atom is -0.491 e. The molecule has 7 nitrogen and oxygen atoms in total. The molecular weight excluding hydrogens is 498 g/mol. The van der Waals surface area contributed by atoms with Gasteiger partial charge in [-0.2, -0.15) is 0 Å². The van der Waals surface area contributed by atoms with Crippen molar-refractivity contribution in [3.05, 3.63) is 58.8 Å². The van der Waals surface area contributed by atoms with Crippen molar-refractivity contribution in [1.82, 2.24) is 14.9 Å². The van der Waals surface area contributed by atoms with Crippen molar-refractivity contribution in [1.29, 1.82) is 0 Å². The lowest BCUT2D eigenvalue weighted by molar-refractivity contribution is -0.111. The van der Waals surface area contributed by atoms with E-state index >= 15 is 0 Å². The monoisotopic (exact) mass is 533 g/mol. The van der Waals surface area contributed by atoms with Crippen LogP contribution in [0.2, 0.25) is 5.02 Å². The molecule has 8 heteroatoms. The van der Waals surface area contributed by atoms with Crippen LogP contribution in [0.3, 0.4) is 0 Å². The van der Waals surface area contributed by atoms with E-state index in [0.717, 1.165) is 41.2 Å². The van der Waals surface area contributed by atoms with Crippen LogP contribution in [-0.2, 0) is 4.79 Å². The van der Waals surface area contributed by atoms with Crippen molar-refractivity contribution in [2.24, 2.45) is 0 Å². The van der Waals surface area contributed by atoms with Crippen molar-refractivity contribution < 1.29 is 9.53 Å². The van der Waals surface area contributed by atoms with E-state index in [0.29, 0.717) is 22.5 Å². The Morgan fingerprint density at radius 3 is 2.55 bits per heavy atom. The summed E-state index contributed by atoms with van der Waals surface area (Å²) in [5, 5.41) is 4.40. The Morgan fingerprint density at radius 2 is 1.84 bits per heavy atom. The van der Waals surface area contributed by atoms with Gasteiger partial charge in [0.25, 0.3) is 0 Å². The average Bonchev–Trinajstić information content (AvgIpc) is 3.43. The van der Waals surface area contributed by atoms with E-state index < -0.39 is 0 Å². The number of carbonyl (C=O) groups is 1. The summed E-state index contributed by atoms with van der Waals surface area (Å²) in [6, 6.07) is 11.9. The lowest BCUT2D eigenvalue weighted by atomic mass is 10.0. The molecule has 2 saturated heterocycles. The quantitative estimate of drug-likeness (QED) is 0.370. The van der Waals surface area contributed by atoms with E-state index in [4.69, 9.17) is 26.3 Å². The Morgan fingerprint density at radius 1 is 1.08 bits per heavy atom. The van der Waals surface area contributed by atoms with Gasteiger partial charge in [-0.15, -0.1) is 0 Å². The van der Waals surface area contributed by atoms with Gasteiger partial charge in [-0.05, 0) is 108 Å². The maximum atomic E-state index is 12.6. The third-order valence-electron chi connectivity index (χ3n) is 7.30. The van der Waals surface area contributed by atoms with Crippen molar-refractivity contribution in [3.63, 3.8) is 0 Å². The minimum absolute atomic E-state index is 0.0676. The molecule has 0 atom stereocenters. The Kier molecular flexibility index (Phi) is 8.15. The molecule has 0 aliphatic carbocycles. The molecule has 5 rings (SSSR count). The van der Waals surface area contributed by atoms with E-state index in [1.54, 1.807) is 12.1 Å². The van der Waals surface area contributed by atoms with Gasteiger partial charge in [-0.25, -0.2) is 9.97 Å². The molecule has 3 heterocycles. The van der Waals surface area contributed by atoms with Gasteiger partial charge >= 0.3 is 0 Å². The number of fused-ring (bicyclic) bond motifs is 1. The lowest BCUT2D eigenvalue weighted by Crippen LogP contribution is -2.44. The maximum Gasteiger partial charge on any atom is 0.248 e. The molecule has 0 unspecified atom stereocenters. The van der Waals surface area contributed by atoms with Crippen LogP contribution in [0.4, 0.5) is 11.6 Å². The summed E-state index contributed by atoms with van der Waals surface area (Å²) in [5.74, 6) is 1.27. The van der Waals surface area contributed by atoms with Crippen LogP contribution in [0.25, 0.3) is 17.0 Å². The Balaban J connectivity index is 1.22. The van der Waals surface area contributed by atoms with Crippen molar-refractivity contribution >= 4 is 46.1 Å². The fourth-order valence-electron chi connectivity index (χ4n) is 5.36. The number of amides is 1. The Labute approximate surface area is 229 Å². The van der Waals surface area contributed by atoms with Crippen LogP contribution >= 0.6 is 11.6 Å². The largest absolute Gasteiger partial charge is 0.491 e. The highest BCUT2D eigenvalue weighted by Gasteiger charge is 2.27. The first kappa shape index (κ1) is 26.4. The molecule has 0 saturated carbocycles. The molecule has 3 aromatic rings. The van der Waals surface area contributed by atoms with Crippen LogP contribution in [0.15, 0.2) is 42.5 Å². The lowest BCUT2D eigenvalue weighted by Gasteiger charge is -2.36. The van der Waals surface area contributed by atoms with Gasteiger partial charge in [0.05, 0.1) is 22.3 Å². The maximum absolute atomic E-state index is 12.6. The van der Waals surface area contributed by atoms with Crippen LogP contribution in [0, 0.1) is 6.92 Å². The van der Waals surface area contributed by atoms with Crippen molar-refractivity contribution in [2.45, 2.75) is 58.6 Å². The molecule has 1 aromatic heterocycles. The van der Waals surface area contributed by atoms with Crippen LogP contribution < -0.4 is 15.0 Å². The molecule has 1 amide bonds. The van der Waals surface area contributed by atoms with Gasteiger partial charge in [0, 0.05) is 36.3 Å². The van der Waals surface area contributed by atoms with Crippen LogP contribution in [0.1, 0.15) is 50.8 Å². The highest BCUT2D eigenvalue weighted by molar-refractivity contribution is 6.32. The fraction of sp³-hybridized carbons (Fsp3) is 0.433. The third kappa shape index (κ3) is 6.27. The number of piperidine rings is 1. The molecule has 200 valence electrons. The zero-order valence-electron chi connectivity index (χ0n) is 22.4. The fourth-order valence-corrected chi connectivity index (χ4v) is 5.59. The summed E-state index contributed by atoms with van der Waals surface area (Å²) in [4.78, 5) is 27.3. The molecule has 0 bridgehead atoms. The number of carbonyl (C=O) groups excluding carboxylic acids is 1. The van der Waals surface area contributed by atoms with Gasteiger partial charge in [0.2, 0.25) is 11.9 Å². The predicted octanol–water partition coefficient (Wildman–Crippen LogP) is 6.10. The molecule has 2 aliphatic heterocycles. The number of aryl methyl sites for hydroxylation is 1. The number of ether oxygens (including phenoxy) is 1. The van der Waals surface area contributed by atoms with Crippen molar-refractivity contribution in [2.75, 3.05) is 36.4 Å². The summed E-state index contributed by atoms with van der Waals surface area (Å²) in [7, 11) is 0. The van der Waals surface area contributed by atoms with E-state index in [1.165, 1.54) is 44.8 Å². The zero-order chi connectivity index (χ0) is 26.6. The number of nitrogens with one attached hydrogen (secondary N) is 1. The molecule has 2 fully saturated rings. The van der Waals surface area contributed by atoms with Gasteiger partial charge in [0.1, 0.15) is 5.75 Å². The zero-order valence-corrected chi connectivity index (χ0v) is 23.2. The highest BCUT2D eigenvalue weighted by atomic mass is 35.5. The standard InChI is InChI=1S/C30H36ClN5O2/c1-20(2)38-25-9-6-22(27(31)19-25)7-11-29(37)33-23-8-10-28-26(18-23)21(3)32-30(34-28)36-16-12-24(13-17-36)35-14-4-5-15-35/h6-11,18-20,24H,4-5,12-17H2,1-3H3,(H,33,37)/b11-7+. The smallest absolute Gasteiger partial charge is 0.248 e. The highest BCUT2D eigenvalue weighted by Crippen LogP contribution is 2.27. The number of anilines is 2. The summed E-state index contributed by atoms with van der Waals surface area (Å²) in [5.41, 5.74) is 3.24. The molecule has 0 radical (unpaired) electrons. The van der Waals surface area contributed by atoms with E-state index in [1.807, 2.05) is 51.1 Å². The number of nitrogens with zero attached hydrogens (tertiary/aromatic N) is 4. The second kappa shape index (κ2) is 11.7. The van der Waals surface area contributed by atoms with Gasteiger partial charge in [-0.3, -0.25) is 4.79 Å². The molecule has 1 N–H and O–H groups in total. The van der Waals surface area contributed by atoms with Crippen LogP contribution in [0.5, 0.6) is 5.75 Å². The molecular formula is C30H36ClN5O2. The van der Waals surface area contributed by atoms with Gasteiger partial charge in [-0.1, -0.05) is 11.6 Å². The second-order valence-electron chi connectivity index (χ2n) is 10.5. The SMILES string of the molecule is Cc1nc(N2CCC(N3CCCC3)CC2)nc2ccc(NC(=O)/C=C/c3ccc(OC(C)C)cc3Cl)cc12. The van der Waals surface area contributed by atoms with E-state index in [9.17, 15) is 4.79 Å². The number of hydrogen-bond donors (Lipinski definition) is 1. The van der Waals surface area contributed by atoms with Gasteiger partial charge < -0.3 is 19.9 Å². The molecule has 0 spiro atoms. The number of aromatic nitrogens is 2. The molecule has 38 heavy (non-hydrogen) atoms. The Hall–Kier alpha value is -3.16. The van der Waals surface area contributed by atoms with Crippen LogP contribution in [-0.4, -0.2) is 59.1 Å². The van der Waals surface area contributed by atoms with Gasteiger partial charge in [0.15, 0.2) is 0 Å². The summed E-state index contributed by atoms with van der Waals surface area (Å²) >= 11 is 6.36. The number of likely N-dealkylation sites (tertiary alicyclic amines) is 1. The molecule has 2 aromatic carbocycles. The first-order chi connectivity index (χ1) is 18.4. The average molecular weight is 534 g/mol. The number of rotatable bonds is 7. The number of benzene rings is 2. The van der Waals surface area contributed by atoms with E-state index in [2.05, 4.69) is 15.1 Å². The topological polar surface area (TPSA) is 70.6 Å². The summed E-state index contributed by atoms with van der Waals surface area (Å²) < 4.78 is 5.66. The number of hydrogen-bond acceptors (Lipinski definition) is 6. The van der Waals surface area contributed by atoms with E-state index in [-0.39, 0.29) is 12.0 Å². The predicted molar refractivity (Wildman–Crippen MR) is 155 cm³/mol. The normalized spacial score (nSPS) is 17.1. The first-order valence-corrected chi connectivity index (χ1v) is 14.0. The van der Waals surface area contributed by atoms with Crippen molar-refractivity contribution in [3.8, 4) is 5.75 Å². The second-order valence-corrected chi connectivity index (χ2v) is 10.9.